The van der Waals surface area contributed by atoms with Crippen molar-refractivity contribution in [3.8, 4) is 0 Å². The van der Waals surface area contributed by atoms with E-state index in [9.17, 15) is 4.79 Å². The molecular formula is C23H28N2O2. The molecule has 1 aromatic heterocycles. The number of hydrogen-bond acceptors (Lipinski definition) is 3. The first-order valence-electron chi connectivity index (χ1n) is 10.3. The van der Waals surface area contributed by atoms with Gasteiger partial charge >= 0.3 is 0 Å². The van der Waals surface area contributed by atoms with Crippen LogP contribution in [0.4, 0.5) is 0 Å². The lowest BCUT2D eigenvalue weighted by molar-refractivity contribution is -0.126. The summed E-state index contributed by atoms with van der Waals surface area (Å²) in [6.45, 7) is 0.308. The Balaban J connectivity index is 1.25. The van der Waals surface area contributed by atoms with E-state index in [2.05, 4.69) is 22.8 Å². The molecule has 2 N–H and O–H groups in total. The summed E-state index contributed by atoms with van der Waals surface area (Å²) in [6, 6.07) is 13.9. The van der Waals surface area contributed by atoms with Gasteiger partial charge in [-0.25, -0.2) is 0 Å². The highest BCUT2D eigenvalue weighted by Crippen LogP contribution is 2.55. The molecule has 0 radical (unpaired) electrons. The first-order valence-corrected chi connectivity index (χ1v) is 10.3. The van der Waals surface area contributed by atoms with Gasteiger partial charge in [0.15, 0.2) is 0 Å². The summed E-state index contributed by atoms with van der Waals surface area (Å²) in [4.78, 5) is 12.8. The second-order valence-corrected chi connectivity index (χ2v) is 8.99. The van der Waals surface area contributed by atoms with Crippen LogP contribution in [0.3, 0.4) is 0 Å². The number of hydrogen-bond donors (Lipinski definition) is 2. The Hall–Kier alpha value is -2.07. The Bertz CT molecular complexity index is 749. The molecule has 4 aliphatic rings. The van der Waals surface area contributed by atoms with E-state index in [1.54, 1.807) is 6.26 Å². The third-order valence-corrected chi connectivity index (χ3v) is 6.87. The number of amides is 1. The fraction of sp³-hybridized carbons (Fsp3) is 0.522. The molecule has 4 bridgehead atoms. The SMILES string of the molecule is O=C(CN[C@H](c1ccccc1)c1ccco1)NC12CC3CC(CC(C3)C1)C2. The Morgan fingerprint density at radius 2 is 1.67 bits per heavy atom. The van der Waals surface area contributed by atoms with Gasteiger partial charge in [-0.2, -0.15) is 0 Å². The molecule has 6 rings (SSSR count). The number of nitrogens with one attached hydrogen (secondary N) is 2. The number of rotatable bonds is 6. The van der Waals surface area contributed by atoms with Gasteiger partial charge in [0.1, 0.15) is 5.76 Å². The second kappa shape index (κ2) is 6.83. The molecule has 4 heteroatoms. The number of furan rings is 1. The summed E-state index contributed by atoms with van der Waals surface area (Å²) >= 11 is 0. The molecule has 0 spiro atoms. The standard InChI is InChI=1S/C23H28N2O2/c26-21(25-23-12-16-9-17(13-23)11-18(10-16)14-23)15-24-22(20-7-4-8-27-20)19-5-2-1-3-6-19/h1-8,16-18,22,24H,9-15H2,(H,25,26)/t16?,17?,18?,22-,23?/m1/s1. The third-order valence-electron chi connectivity index (χ3n) is 6.87. The van der Waals surface area contributed by atoms with Crippen LogP contribution in [0, 0.1) is 17.8 Å². The van der Waals surface area contributed by atoms with Crippen molar-refractivity contribution in [2.45, 2.75) is 50.1 Å². The number of carbonyl (C=O) groups excluding carboxylic acids is 1. The van der Waals surface area contributed by atoms with Crippen LogP contribution in [0.5, 0.6) is 0 Å². The molecule has 1 aromatic carbocycles. The maximum Gasteiger partial charge on any atom is 0.234 e. The summed E-state index contributed by atoms with van der Waals surface area (Å²) in [5, 5.41) is 6.86. The summed E-state index contributed by atoms with van der Waals surface area (Å²) in [7, 11) is 0. The van der Waals surface area contributed by atoms with Crippen LogP contribution in [0.1, 0.15) is 55.9 Å². The number of carbonyl (C=O) groups is 1. The molecule has 1 amide bonds. The lowest BCUT2D eigenvalue weighted by atomic mass is 9.53. The molecule has 4 aliphatic carbocycles. The van der Waals surface area contributed by atoms with E-state index in [4.69, 9.17) is 4.42 Å². The third kappa shape index (κ3) is 3.43. The Morgan fingerprint density at radius 3 is 2.26 bits per heavy atom. The van der Waals surface area contributed by atoms with Crippen molar-refractivity contribution in [1.29, 1.82) is 0 Å². The minimum atomic E-state index is -0.108. The van der Waals surface area contributed by atoms with E-state index < -0.39 is 0 Å². The average Bonchev–Trinajstić information content (AvgIpc) is 3.15. The van der Waals surface area contributed by atoms with E-state index in [0.717, 1.165) is 29.1 Å². The van der Waals surface area contributed by atoms with Gasteiger partial charge in [0.2, 0.25) is 5.91 Å². The van der Waals surface area contributed by atoms with Crippen LogP contribution in [0.25, 0.3) is 0 Å². The van der Waals surface area contributed by atoms with Crippen molar-refractivity contribution in [3.63, 3.8) is 0 Å². The van der Waals surface area contributed by atoms with Crippen molar-refractivity contribution < 1.29 is 9.21 Å². The van der Waals surface area contributed by atoms with E-state index in [1.807, 2.05) is 30.3 Å². The van der Waals surface area contributed by atoms with Crippen LogP contribution in [-0.2, 0) is 4.79 Å². The monoisotopic (exact) mass is 364 g/mol. The maximum atomic E-state index is 12.8. The highest BCUT2D eigenvalue weighted by molar-refractivity contribution is 5.79. The zero-order chi connectivity index (χ0) is 18.3. The number of benzene rings is 1. The Morgan fingerprint density at radius 1 is 1.00 bits per heavy atom. The first-order chi connectivity index (χ1) is 13.2. The van der Waals surface area contributed by atoms with Gasteiger partial charge in [-0.3, -0.25) is 10.1 Å². The van der Waals surface area contributed by atoms with E-state index in [0.29, 0.717) is 6.54 Å². The molecule has 0 unspecified atom stereocenters. The highest BCUT2D eigenvalue weighted by Gasteiger charge is 2.51. The molecule has 4 saturated carbocycles. The lowest BCUT2D eigenvalue weighted by Crippen LogP contribution is -2.60. The lowest BCUT2D eigenvalue weighted by Gasteiger charge is -2.56. The predicted octanol–water partition coefficient (Wildman–Crippen LogP) is 4.04. The maximum absolute atomic E-state index is 12.8. The van der Waals surface area contributed by atoms with Crippen molar-refractivity contribution in [2.75, 3.05) is 6.54 Å². The largest absolute Gasteiger partial charge is 0.467 e. The van der Waals surface area contributed by atoms with Crippen LogP contribution < -0.4 is 10.6 Å². The van der Waals surface area contributed by atoms with Gasteiger partial charge in [-0.05, 0) is 74.0 Å². The molecule has 27 heavy (non-hydrogen) atoms. The summed E-state index contributed by atoms with van der Waals surface area (Å²) in [5.41, 5.74) is 1.18. The molecule has 4 fully saturated rings. The molecule has 142 valence electrons. The molecule has 0 aliphatic heterocycles. The fourth-order valence-electron chi connectivity index (χ4n) is 6.28. The zero-order valence-electron chi connectivity index (χ0n) is 15.7. The average molecular weight is 364 g/mol. The smallest absolute Gasteiger partial charge is 0.234 e. The van der Waals surface area contributed by atoms with Crippen molar-refractivity contribution in [2.24, 2.45) is 17.8 Å². The summed E-state index contributed by atoms with van der Waals surface area (Å²) in [6.07, 6.45) is 9.41. The van der Waals surface area contributed by atoms with E-state index in [1.165, 1.54) is 38.5 Å². The molecule has 2 aromatic rings. The van der Waals surface area contributed by atoms with Crippen LogP contribution >= 0.6 is 0 Å². The highest BCUT2D eigenvalue weighted by atomic mass is 16.3. The van der Waals surface area contributed by atoms with Crippen molar-refractivity contribution in [1.82, 2.24) is 10.6 Å². The molecule has 0 saturated heterocycles. The fourth-order valence-corrected chi connectivity index (χ4v) is 6.28. The predicted molar refractivity (Wildman–Crippen MR) is 104 cm³/mol. The quantitative estimate of drug-likeness (QED) is 0.813. The topological polar surface area (TPSA) is 54.3 Å². The van der Waals surface area contributed by atoms with Gasteiger partial charge in [-0.15, -0.1) is 0 Å². The Labute approximate surface area is 160 Å². The first kappa shape index (κ1) is 17.1. The second-order valence-electron chi connectivity index (χ2n) is 8.99. The van der Waals surface area contributed by atoms with Crippen molar-refractivity contribution in [3.05, 3.63) is 60.1 Å². The van der Waals surface area contributed by atoms with Crippen LogP contribution in [0.15, 0.2) is 53.1 Å². The molecule has 4 nitrogen and oxygen atoms in total. The van der Waals surface area contributed by atoms with Crippen LogP contribution in [-0.4, -0.2) is 18.0 Å². The van der Waals surface area contributed by atoms with Gasteiger partial charge in [0, 0.05) is 5.54 Å². The summed E-state index contributed by atoms with van der Waals surface area (Å²) in [5.74, 6) is 3.47. The van der Waals surface area contributed by atoms with Crippen molar-refractivity contribution >= 4 is 5.91 Å². The Kier molecular flexibility index (Phi) is 4.31. The van der Waals surface area contributed by atoms with Gasteiger partial charge < -0.3 is 9.73 Å². The van der Waals surface area contributed by atoms with Gasteiger partial charge in [0.25, 0.3) is 0 Å². The molecule has 1 atom stereocenters. The van der Waals surface area contributed by atoms with Gasteiger partial charge in [0.05, 0.1) is 18.8 Å². The summed E-state index contributed by atoms with van der Waals surface area (Å²) < 4.78 is 5.62. The molecule has 1 heterocycles. The zero-order valence-corrected chi connectivity index (χ0v) is 15.7. The normalized spacial score (nSPS) is 32.4. The molecular weight excluding hydrogens is 336 g/mol. The minimum absolute atomic E-state index is 0.0699. The van der Waals surface area contributed by atoms with E-state index >= 15 is 0 Å². The van der Waals surface area contributed by atoms with Crippen LogP contribution in [0.2, 0.25) is 0 Å². The minimum Gasteiger partial charge on any atom is -0.467 e. The van der Waals surface area contributed by atoms with Gasteiger partial charge in [-0.1, -0.05) is 30.3 Å². The van der Waals surface area contributed by atoms with E-state index in [-0.39, 0.29) is 17.5 Å².